The maximum Gasteiger partial charge on any atom is 0.407 e. The third-order valence-electron chi connectivity index (χ3n) is 5.73. The topological polar surface area (TPSA) is 89.3 Å². The molecule has 182 valence electrons. The van der Waals surface area contributed by atoms with Gasteiger partial charge in [-0.2, -0.15) is 5.10 Å². The lowest BCUT2D eigenvalue weighted by Gasteiger charge is -2.22. The minimum Gasteiger partial charge on any atom is -0.494 e. The van der Waals surface area contributed by atoms with Crippen molar-refractivity contribution in [2.75, 3.05) is 54.1 Å². The number of methoxy groups -OCH3 is 1. The van der Waals surface area contributed by atoms with E-state index in [0.29, 0.717) is 32.8 Å². The number of hydrogen-bond donors (Lipinski definition) is 1. The summed E-state index contributed by atoms with van der Waals surface area (Å²) in [6, 6.07) is 7.99. The van der Waals surface area contributed by atoms with Crippen LogP contribution in [0, 0.1) is 0 Å². The molecule has 1 aromatic heterocycles. The number of amides is 1. The maximum atomic E-state index is 11.1. The Morgan fingerprint density at radius 3 is 2.67 bits per heavy atom. The molecule has 2 heterocycles. The van der Waals surface area contributed by atoms with Crippen molar-refractivity contribution in [1.82, 2.24) is 19.6 Å². The van der Waals surface area contributed by atoms with Crippen LogP contribution in [0.2, 0.25) is 0 Å². The highest BCUT2D eigenvalue weighted by atomic mass is 16.5. The van der Waals surface area contributed by atoms with Crippen molar-refractivity contribution in [1.29, 1.82) is 0 Å². The smallest absolute Gasteiger partial charge is 0.407 e. The van der Waals surface area contributed by atoms with Crippen molar-refractivity contribution in [3.8, 4) is 17.0 Å². The molecule has 1 unspecified atom stereocenters. The first-order valence-electron chi connectivity index (χ1n) is 11.5. The fourth-order valence-corrected chi connectivity index (χ4v) is 3.76. The summed E-state index contributed by atoms with van der Waals surface area (Å²) in [5.41, 5.74) is 3.01. The summed E-state index contributed by atoms with van der Waals surface area (Å²) in [4.78, 5) is 14.5. The zero-order valence-corrected chi connectivity index (χ0v) is 19.9. The van der Waals surface area contributed by atoms with E-state index in [0.717, 1.165) is 54.9 Å². The summed E-state index contributed by atoms with van der Waals surface area (Å²) in [5.74, 6) is 0.820. The van der Waals surface area contributed by atoms with E-state index >= 15 is 0 Å². The minimum absolute atomic E-state index is 0.0434. The first-order valence-corrected chi connectivity index (χ1v) is 11.5. The number of likely N-dealkylation sites (N-methyl/N-ethyl adjacent to an activating group) is 2. The molecule has 1 aromatic carbocycles. The maximum absolute atomic E-state index is 11.1. The Kier molecular flexibility index (Phi) is 9.53. The predicted molar refractivity (Wildman–Crippen MR) is 125 cm³/mol. The lowest BCUT2D eigenvalue weighted by Crippen LogP contribution is -2.33. The molecule has 0 bridgehead atoms. The minimum atomic E-state index is -0.920. The van der Waals surface area contributed by atoms with E-state index in [1.807, 2.05) is 36.0 Å². The number of carbonyl (C=O) groups is 1. The second kappa shape index (κ2) is 12.6. The molecule has 3 rings (SSSR count). The van der Waals surface area contributed by atoms with Crippen LogP contribution in [0.4, 0.5) is 4.79 Å². The number of benzene rings is 1. The van der Waals surface area contributed by atoms with Crippen LogP contribution in [0.3, 0.4) is 0 Å². The Morgan fingerprint density at radius 2 is 2.00 bits per heavy atom. The van der Waals surface area contributed by atoms with Gasteiger partial charge in [0.25, 0.3) is 0 Å². The Labute approximate surface area is 195 Å². The number of nitrogens with zero attached hydrogens (tertiary/aromatic N) is 4. The van der Waals surface area contributed by atoms with E-state index in [-0.39, 0.29) is 6.23 Å². The van der Waals surface area contributed by atoms with Gasteiger partial charge in [-0.15, -0.1) is 0 Å². The van der Waals surface area contributed by atoms with E-state index < -0.39 is 6.09 Å². The molecule has 1 saturated heterocycles. The van der Waals surface area contributed by atoms with Gasteiger partial charge < -0.3 is 29.1 Å². The SMILES string of the molecule is COCCCOc1ccc(-c2nn(C3CCCCO3)cc2CN(C)CCN(C)C(=O)O)cc1. The third-order valence-corrected chi connectivity index (χ3v) is 5.73. The van der Waals surface area contributed by atoms with Gasteiger partial charge in [0, 0.05) is 70.8 Å². The number of hydrogen-bond acceptors (Lipinski definition) is 6. The molecule has 1 atom stereocenters. The predicted octanol–water partition coefficient (Wildman–Crippen LogP) is 3.71. The largest absolute Gasteiger partial charge is 0.494 e. The summed E-state index contributed by atoms with van der Waals surface area (Å²) in [7, 11) is 5.26. The Hall–Kier alpha value is -2.62. The Morgan fingerprint density at radius 1 is 1.21 bits per heavy atom. The quantitative estimate of drug-likeness (QED) is 0.483. The van der Waals surface area contributed by atoms with Gasteiger partial charge in [-0.3, -0.25) is 0 Å². The average Bonchev–Trinajstić information content (AvgIpc) is 3.24. The fraction of sp³-hybridized carbons (Fsp3) is 0.583. The van der Waals surface area contributed by atoms with Crippen LogP contribution in [0.25, 0.3) is 11.3 Å². The van der Waals surface area contributed by atoms with E-state index in [1.54, 1.807) is 14.2 Å². The van der Waals surface area contributed by atoms with Crippen molar-refractivity contribution in [2.24, 2.45) is 0 Å². The van der Waals surface area contributed by atoms with E-state index in [4.69, 9.17) is 24.4 Å². The molecule has 0 saturated carbocycles. The van der Waals surface area contributed by atoms with Gasteiger partial charge in [0.1, 0.15) is 12.0 Å². The lowest BCUT2D eigenvalue weighted by molar-refractivity contribution is -0.0394. The van der Waals surface area contributed by atoms with E-state index in [1.165, 1.54) is 4.90 Å². The van der Waals surface area contributed by atoms with Crippen molar-refractivity contribution in [3.05, 3.63) is 36.0 Å². The first-order chi connectivity index (χ1) is 16.0. The highest BCUT2D eigenvalue weighted by Crippen LogP contribution is 2.29. The van der Waals surface area contributed by atoms with Gasteiger partial charge in [0.15, 0.2) is 0 Å². The van der Waals surface area contributed by atoms with Gasteiger partial charge in [0.05, 0.1) is 12.3 Å². The standard InChI is InChI=1S/C24H36N4O5/c1-26(12-13-27(2)24(29)30)17-20-18-28(22-7-4-5-15-33-22)25-23(20)19-8-10-21(11-9-19)32-16-6-14-31-3/h8-11,18,22H,4-7,12-17H2,1-3H3,(H,29,30). The molecule has 1 aliphatic rings. The van der Waals surface area contributed by atoms with Crippen LogP contribution >= 0.6 is 0 Å². The van der Waals surface area contributed by atoms with Crippen molar-refractivity contribution < 1.29 is 24.1 Å². The molecule has 2 aromatic rings. The summed E-state index contributed by atoms with van der Waals surface area (Å²) in [6.07, 6.45) is 5.12. The molecule has 0 radical (unpaired) electrons. The van der Waals surface area contributed by atoms with Gasteiger partial charge in [0.2, 0.25) is 0 Å². The summed E-state index contributed by atoms with van der Waals surface area (Å²) in [5, 5.41) is 14.0. The van der Waals surface area contributed by atoms with Crippen LogP contribution in [0.1, 0.15) is 37.5 Å². The number of aromatic nitrogens is 2. The molecular formula is C24H36N4O5. The number of carboxylic acid groups (broad SMARTS) is 1. The van der Waals surface area contributed by atoms with E-state index in [9.17, 15) is 4.79 Å². The van der Waals surface area contributed by atoms with E-state index in [2.05, 4.69) is 11.1 Å². The molecule has 0 aliphatic carbocycles. The van der Waals surface area contributed by atoms with Crippen molar-refractivity contribution in [3.63, 3.8) is 0 Å². The molecule has 1 amide bonds. The first kappa shape index (κ1) is 25.0. The van der Waals surface area contributed by atoms with Crippen LogP contribution in [-0.4, -0.2) is 84.9 Å². The van der Waals surface area contributed by atoms with Crippen molar-refractivity contribution in [2.45, 2.75) is 38.5 Å². The van der Waals surface area contributed by atoms with Crippen LogP contribution in [0.5, 0.6) is 5.75 Å². The number of rotatable bonds is 12. The fourth-order valence-electron chi connectivity index (χ4n) is 3.76. The second-order valence-corrected chi connectivity index (χ2v) is 8.47. The Bertz CT molecular complexity index is 864. The average molecular weight is 461 g/mol. The van der Waals surface area contributed by atoms with Gasteiger partial charge in [-0.25, -0.2) is 9.48 Å². The zero-order chi connectivity index (χ0) is 23.6. The molecule has 1 fully saturated rings. The molecule has 1 N–H and O–H groups in total. The monoisotopic (exact) mass is 460 g/mol. The Balaban J connectivity index is 1.74. The highest BCUT2D eigenvalue weighted by Gasteiger charge is 2.21. The van der Waals surface area contributed by atoms with Gasteiger partial charge in [-0.1, -0.05) is 0 Å². The summed E-state index contributed by atoms with van der Waals surface area (Å²) >= 11 is 0. The van der Waals surface area contributed by atoms with Crippen LogP contribution in [0.15, 0.2) is 30.5 Å². The third kappa shape index (κ3) is 7.45. The molecule has 33 heavy (non-hydrogen) atoms. The second-order valence-electron chi connectivity index (χ2n) is 8.47. The van der Waals surface area contributed by atoms with Crippen LogP contribution in [-0.2, 0) is 16.0 Å². The summed E-state index contributed by atoms with van der Waals surface area (Å²) < 4.78 is 18.7. The van der Waals surface area contributed by atoms with Crippen molar-refractivity contribution >= 4 is 6.09 Å². The highest BCUT2D eigenvalue weighted by molar-refractivity contribution is 5.64. The van der Waals surface area contributed by atoms with Gasteiger partial charge in [-0.05, 0) is 50.6 Å². The molecule has 0 spiro atoms. The number of ether oxygens (including phenoxy) is 3. The normalized spacial score (nSPS) is 16.2. The molecular weight excluding hydrogens is 424 g/mol. The zero-order valence-electron chi connectivity index (χ0n) is 19.9. The van der Waals surface area contributed by atoms with Crippen LogP contribution < -0.4 is 4.74 Å². The molecule has 9 heteroatoms. The molecule has 1 aliphatic heterocycles. The summed E-state index contributed by atoms with van der Waals surface area (Å²) in [6.45, 7) is 3.77. The lowest BCUT2D eigenvalue weighted by atomic mass is 10.1. The van der Waals surface area contributed by atoms with Gasteiger partial charge >= 0.3 is 6.09 Å². The molecule has 9 nitrogen and oxygen atoms in total.